The lowest BCUT2D eigenvalue weighted by Gasteiger charge is -2.27. The Kier molecular flexibility index (Phi) is 3.74. The van der Waals surface area contributed by atoms with Gasteiger partial charge in [-0.15, -0.1) is 0 Å². The second-order valence-corrected chi connectivity index (χ2v) is 5.04. The molecule has 0 saturated carbocycles. The Labute approximate surface area is 112 Å². The number of carboxylic acid groups (broad SMARTS) is 1. The Balaban J connectivity index is 2.14. The van der Waals surface area contributed by atoms with E-state index in [4.69, 9.17) is 5.11 Å². The van der Waals surface area contributed by atoms with Crippen LogP contribution in [0.5, 0.6) is 0 Å². The number of carbonyl (C=O) groups is 2. The molecule has 2 N–H and O–H groups in total. The molecule has 5 nitrogen and oxygen atoms in total. The Morgan fingerprint density at radius 1 is 1.53 bits per heavy atom. The van der Waals surface area contributed by atoms with Gasteiger partial charge in [-0.05, 0) is 29.5 Å². The quantitative estimate of drug-likeness (QED) is 0.876. The number of hydrogen-bond acceptors (Lipinski definition) is 2. The number of amides is 2. The molecule has 0 spiro atoms. The van der Waals surface area contributed by atoms with Crippen LogP contribution >= 0.6 is 0 Å². The monoisotopic (exact) mass is 262 g/mol. The first kappa shape index (κ1) is 13.4. The molecule has 1 aliphatic rings. The van der Waals surface area contributed by atoms with Gasteiger partial charge in [0.15, 0.2) is 0 Å². The van der Waals surface area contributed by atoms with Gasteiger partial charge in [0.1, 0.15) is 0 Å². The van der Waals surface area contributed by atoms with E-state index in [1.54, 1.807) is 11.9 Å². The number of urea groups is 1. The fourth-order valence-electron chi connectivity index (χ4n) is 2.22. The van der Waals surface area contributed by atoms with E-state index < -0.39 is 5.97 Å². The molecule has 5 heteroatoms. The summed E-state index contributed by atoms with van der Waals surface area (Å²) in [6.45, 7) is 2.61. The van der Waals surface area contributed by atoms with Crippen LogP contribution in [-0.2, 0) is 11.3 Å². The van der Waals surface area contributed by atoms with E-state index in [9.17, 15) is 9.59 Å². The number of fused-ring (bicyclic) bond motifs is 1. The van der Waals surface area contributed by atoms with Gasteiger partial charge in [0.05, 0.1) is 0 Å². The third-order valence-corrected chi connectivity index (χ3v) is 3.49. The Hall–Kier alpha value is -2.04. The summed E-state index contributed by atoms with van der Waals surface area (Å²) in [6.07, 6.45) is 0.797. The third kappa shape index (κ3) is 3.05. The molecule has 0 bridgehead atoms. The maximum atomic E-state index is 11.5. The fourth-order valence-corrected chi connectivity index (χ4v) is 2.22. The van der Waals surface area contributed by atoms with Crippen molar-refractivity contribution in [1.29, 1.82) is 0 Å². The van der Waals surface area contributed by atoms with Crippen LogP contribution in [0.3, 0.4) is 0 Å². The summed E-state index contributed by atoms with van der Waals surface area (Å²) in [5.74, 6) is -0.568. The highest BCUT2D eigenvalue weighted by atomic mass is 16.4. The van der Waals surface area contributed by atoms with Crippen molar-refractivity contribution < 1.29 is 14.7 Å². The molecule has 0 radical (unpaired) electrons. The molecule has 19 heavy (non-hydrogen) atoms. The average Bonchev–Trinajstić information content (AvgIpc) is 2.36. The average molecular weight is 262 g/mol. The van der Waals surface area contributed by atoms with E-state index in [2.05, 4.69) is 11.4 Å². The number of hydrogen-bond donors (Lipinski definition) is 2. The van der Waals surface area contributed by atoms with Crippen molar-refractivity contribution in [3.8, 4) is 0 Å². The molecule has 102 valence electrons. The van der Waals surface area contributed by atoms with Crippen LogP contribution in [0.25, 0.3) is 0 Å². The number of carbonyl (C=O) groups excluding carboxylic acids is 1. The van der Waals surface area contributed by atoms with Crippen LogP contribution in [0.4, 0.5) is 10.5 Å². The van der Waals surface area contributed by atoms with Gasteiger partial charge in [-0.3, -0.25) is 4.79 Å². The SMILES string of the molecule is CC(CCC(=O)O)c1ccc2c(c1)CN(C)C(=O)N2. The van der Waals surface area contributed by atoms with Crippen LogP contribution in [0.15, 0.2) is 18.2 Å². The normalized spacial score (nSPS) is 15.7. The zero-order valence-corrected chi connectivity index (χ0v) is 11.1. The minimum absolute atomic E-state index is 0.0980. The van der Waals surface area contributed by atoms with Crippen LogP contribution in [0.1, 0.15) is 36.8 Å². The number of nitrogens with zero attached hydrogens (tertiary/aromatic N) is 1. The molecule has 2 rings (SSSR count). The summed E-state index contributed by atoms with van der Waals surface area (Å²) in [4.78, 5) is 23.7. The fraction of sp³-hybridized carbons (Fsp3) is 0.429. The lowest BCUT2D eigenvalue weighted by atomic mass is 9.93. The number of rotatable bonds is 4. The van der Waals surface area contributed by atoms with Crippen molar-refractivity contribution in [3.63, 3.8) is 0 Å². The summed E-state index contributed by atoms with van der Waals surface area (Å²) < 4.78 is 0. The van der Waals surface area contributed by atoms with Gasteiger partial charge in [-0.25, -0.2) is 4.79 Å². The topological polar surface area (TPSA) is 69.6 Å². The van der Waals surface area contributed by atoms with Gasteiger partial charge in [-0.1, -0.05) is 19.1 Å². The largest absolute Gasteiger partial charge is 0.481 e. The highest BCUT2D eigenvalue weighted by molar-refractivity contribution is 5.92. The predicted octanol–water partition coefficient (Wildman–Crippen LogP) is 2.63. The van der Waals surface area contributed by atoms with E-state index in [0.717, 1.165) is 16.8 Å². The van der Waals surface area contributed by atoms with Gasteiger partial charge in [0.25, 0.3) is 0 Å². The van der Waals surface area contributed by atoms with Crippen molar-refractivity contribution in [2.75, 3.05) is 12.4 Å². The summed E-state index contributed by atoms with van der Waals surface area (Å²) >= 11 is 0. The van der Waals surface area contributed by atoms with Gasteiger partial charge < -0.3 is 15.3 Å². The molecular weight excluding hydrogens is 244 g/mol. The molecule has 0 fully saturated rings. The smallest absolute Gasteiger partial charge is 0.321 e. The number of benzene rings is 1. The standard InChI is InChI=1S/C14H18N2O3/c1-9(3-6-13(17)18)10-4-5-12-11(7-10)8-16(2)14(19)15-12/h4-5,7,9H,3,6,8H2,1-2H3,(H,15,19)(H,17,18). The summed E-state index contributed by atoms with van der Waals surface area (Å²) in [5.41, 5.74) is 3.03. The van der Waals surface area contributed by atoms with Gasteiger partial charge in [-0.2, -0.15) is 0 Å². The van der Waals surface area contributed by atoms with Crippen molar-refractivity contribution >= 4 is 17.7 Å². The second kappa shape index (κ2) is 5.30. The van der Waals surface area contributed by atoms with Crippen LogP contribution in [0, 0.1) is 0 Å². The summed E-state index contributed by atoms with van der Waals surface area (Å²) in [5, 5.41) is 11.5. The maximum Gasteiger partial charge on any atom is 0.321 e. The van der Waals surface area contributed by atoms with Gasteiger partial charge >= 0.3 is 12.0 Å². The van der Waals surface area contributed by atoms with Crippen molar-refractivity contribution in [1.82, 2.24) is 4.90 Å². The van der Waals surface area contributed by atoms with Crippen molar-refractivity contribution in [3.05, 3.63) is 29.3 Å². The first-order valence-electron chi connectivity index (χ1n) is 6.34. The van der Waals surface area contributed by atoms with Crippen LogP contribution in [0.2, 0.25) is 0 Å². The maximum absolute atomic E-state index is 11.5. The van der Waals surface area contributed by atoms with E-state index in [1.807, 2.05) is 19.1 Å². The third-order valence-electron chi connectivity index (χ3n) is 3.49. The minimum atomic E-state index is -0.767. The van der Waals surface area contributed by atoms with Crippen LogP contribution < -0.4 is 5.32 Å². The number of nitrogens with one attached hydrogen (secondary N) is 1. The van der Waals surface area contributed by atoms with E-state index in [-0.39, 0.29) is 18.4 Å². The molecule has 0 saturated heterocycles. The second-order valence-electron chi connectivity index (χ2n) is 5.04. The lowest BCUT2D eigenvalue weighted by molar-refractivity contribution is -0.137. The Morgan fingerprint density at radius 2 is 2.26 bits per heavy atom. The Bertz CT molecular complexity index is 513. The highest BCUT2D eigenvalue weighted by Crippen LogP contribution is 2.28. The van der Waals surface area contributed by atoms with Crippen molar-refractivity contribution in [2.24, 2.45) is 0 Å². The first-order chi connectivity index (χ1) is 8.97. The molecule has 1 heterocycles. The molecule has 0 aromatic heterocycles. The predicted molar refractivity (Wildman–Crippen MR) is 72.2 cm³/mol. The molecule has 1 unspecified atom stereocenters. The summed E-state index contributed by atoms with van der Waals surface area (Å²) in [7, 11) is 1.75. The van der Waals surface area contributed by atoms with Gasteiger partial charge in [0, 0.05) is 25.7 Å². The molecule has 1 aliphatic heterocycles. The van der Waals surface area contributed by atoms with Crippen molar-refractivity contribution in [2.45, 2.75) is 32.2 Å². The Morgan fingerprint density at radius 3 is 2.95 bits per heavy atom. The highest BCUT2D eigenvalue weighted by Gasteiger charge is 2.20. The zero-order valence-electron chi connectivity index (χ0n) is 11.1. The van der Waals surface area contributed by atoms with E-state index in [0.29, 0.717) is 13.0 Å². The van der Waals surface area contributed by atoms with E-state index in [1.165, 1.54) is 0 Å². The number of anilines is 1. The number of carboxylic acids is 1. The van der Waals surface area contributed by atoms with Crippen LogP contribution in [-0.4, -0.2) is 29.1 Å². The molecule has 0 aliphatic carbocycles. The zero-order chi connectivity index (χ0) is 14.0. The number of aliphatic carboxylic acids is 1. The molecule has 1 atom stereocenters. The summed E-state index contributed by atoms with van der Waals surface area (Å²) in [6, 6.07) is 5.81. The first-order valence-corrected chi connectivity index (χ1v) is 6.34. The molecular formula is C14H18N2O3. The molecule has 2 amide bonds. The minimum Gasteiger partial charge on any atom is -0.481 e. The molecule has 1 aromatic carbocycles. The van der Waals surface area contributed by atoms with E-state index >= 15 is 0 Å². The lowest BCUT2D eigenvalue weighted by Crippen LogP contribution is -2.35. The molecule has 1 aromatic rings. The van der Waals surface area contributed by atoms with Gasteiger partial charge in [0.2, 0.25) is 0 Å².